The molecule has 0 spiro atoms. The second-order valence-corrected chi connectivity index (χ2v) is 6.52. The quantitative estimate of drug-likeness (QED) is 0.879. The van der Waals surface area contributed by atoms with E-state index in [1.807, 2.05) is 0 Å². The molecule has 1 aromatic carbocycles. The van der Waals surface area contributed by atoms with E-state index in [4.69, 9.17) is 5.73 Å². The minimum Gasteiger partial charge on any atom is -0.328 e. The maximum Gasteiger partial charge on any atom is 0.251 e. The fraction of sp³-hybridized carbons (Fsp3) is 0.471. The van der Waals surface area contributed by atoms with Crippen molar-refractivity contribution in [2.24, 2.45) is 5.73 Å². The van der Waals surface area contributed by atoms with Crippen LogP contribution in [0.3, 0.4) is 0 Å². The average Bonchev–Trinajstić information content (AvgIpc) is 2.89. The molecule has 132 valence electrons. The van der Waals surface area contributed by atoms with E-state index in [1.165, 1.54) is 6.07 Å². The van der Waals surface area contributed by atoms with Crippen molar-refractivity contribution in [3.63, 3.8) is 0 Å². The number of rotatable bonds is 2. The number of benzene rings is 1. The Balaban J connectivity index is 0.00000104. The summed E-state index contributed by atoms with van der Waals surface area (Å²) in [7, 11) is 0. The zero-order valence-corrected chi connectivity index (χ0v) is 14.9. The van der Waals surface area contributed by atoms with E-state index < -0.39 is 0 Å². The molecule has 4 rings (SSSR count). The van der Waals surface area contributed by atoms with Gasteiger partial charge in [-0.3, -0.25) is 4.79 Å². The minimum absolute atomic E-state index is 0. The van der Waals surface area contributed by atoms with E-state index in [0.29, 0.717) is 18.2 Å². The lowest BCUT2D eigenvalue weighted by molar-refractivity contribution is 0.198. The van der Waals surface area contributed by atoms with E-state index in [0.717, 1.165) is 43.4 Å². The number of aromatic nitrogens is 1. The number of piperidine rings is 1. The van der Waals surface area contributed by atoms with Crippen LogP contribution in [0.5, 0.6) is 0 Å². The first kappa shape index (κ1) is 19.2. The third-order valence-corrected chi connectivity index (χ3v) is 5.06. The van der Waals surface area contributed by atoms with Crippen LogP contribution in [-0.4, -0.2) is 35.1 Å². The molecule has 0 radical (unpaired) electrons. The molecule has 2 aromatic rings. The molecular formula is C17H22Cl2FN3O. The summed E-state index contributed by atoms with van der Waals surface area (Å²) in [5, 5.41) is 0.944. The van der Waals surface area contributed by atoms with Gasteiger partial charge in [0.25, 0.3) is 5.56 Å². The molecule has 0 aliphatic carbocycles. The third-order valence-electron chi connectivity index (χ3n) is 5.06. The molecule has 1 fully saturated rings. The first-order valence-corrected chi connectivity index (χ1v) is 7.93. The third kappa shape index (κ3) is 3.18. The molecule has 0 bridgehead atoms. The van der Waals surface area contributed by atoms with Gasteiger partial charge in [0.1, 0.15) is 5.82 Å². The summed E-state index contributed by atoms with van der Waals surface area (Å²) in [5.41, 5.74) is 7.41. The van der Waals surface area contributed by atoms with Gasteiger partial charge in [-0.1, -0.05) is 0 Å². The van der Waals surface area contributed by atoms with Gasteiger partial charge in [-0.05, 0) is 49.5 Å². The normalized spacial score (nSPS) is 20.7. The SMILES string of the molecule is Cl.Cl.NC1CCN(CC2Cn3c(=O)ccc4ccc(F)c2c43)CC1. The van der Waals surface area contributed by atoms with E-state index in [2.05, 4.69) is 4.90 Å². The summed E-state index contributed by atoms with van der Waals surface area (Å²) in [6.07, 6.45) is 1.98. The number of nitrogens with zero attached hydrogens (tertiary/aromatic N) is 2. The van der Waals surface area contributed by atoms with Crippen LogP contribution in [0.4, 0.5) is 4.39 Å². The fourth-order valence-electron chi connectivity index (χ4n) is 3.87. The lowest BCUT2D eigenvalue weighted by Gasteiger charge is -2.32. The standard InChI is InChI=1S/C17H20FN3O.2ClH/c18-14-3-1-11-2-4-15(22)21-10-12(16(14)17(11)21)9-20-7-5-13(19)6-8-20;;/h1-4,12-13H,5-10,19H2;2*1H. The lowest BCUT2D eigenvalue weighted by Crippen LogP contribution is -2.41. The molecule has 24 heavy (non-hydrogen) atoms. The number of halogens is 3. The van der Waals surface area contributed by atoms with E-state index in [-0.39, 0.29) is 42.1 Å². The Morgan fingerprint density at radius 2 is 1.79 bits per heavy atom. The monoisotopic (exact) mass is 373 g/mol. The van der Waals surface area contributed by atoms with Gasteiger partial charge in [0.05, 0.1) is 5.52 Å². The van der Waals surface area contributed by atoms with E-state index >= 15 is 0 Å². The number of likely N-dealkylation sites (tertiary alicyclic amines) is 1. The highest BCUT2D eigenvalue weighted by Gasteiger charge is 2.30. The largest absolute Gasteiger partial charge is 0.328 e. The zero-order valence-electron chi connectivity index (χ0n) is 13.3. The molecule has 3 heterocycles. The molecule has 1 saturated heterocycles. The summed E-state index contributed by atoms with van der Waals surface area (Å²) in [6, 6.07) is 6.94. The van der Waals surface area contributed by atoms with Gasteiger partial charge in [0.15, 0.2) is 0 Å². The molecule has 7 heteroatoms. The van der Waals surface area contributed by atoms with E-state index in [1.54, 1.807) is 22.8 Å². The smallest absolute Gasteiger partial charge is 0.251 e. The molecule has 4 nitrogen and oxygen atoms in total. The highest BCUT2D eigenvalue weighted by Crippen LogP contribution is 2.35. The predicted octanol–water partition coefficient (Wildman–Crippen LogP) is 2.50. The summed E-state index contributed by atoms with van der Waals surface area (Å²) in [4.78, 5) is 14.5. The van der Waals surface area contributed by atoms with Crippen LogP contribution in [-0.2, 0) is 6.54 Å². The fourth-order valence-corrected chi connectivity index (χ4v) is 3.87. The number of hydrogen-bond acceptors (Lipinski definition) is 3. The van der Waals surface area contributed by atoms with Crippen molar-refractivity contribution < 1.29 is 4.39 Å². The van der Waals surface area contributed by atoms with Crippen molar-refractivity contribution in [2.45, 2.75) is 31.3 Å². The minimum atomic E-state index is -0.192. The van der Waals surface area contributed by atoms with Crippen LogP contribution >= 0.6 is 24.8 Å². The molecular weight excluding hydrogens is 352 g/mol. The summed E-state index contributed by atoms with van der Waals surface area (Å²) >= 11 is 0. The van der Waals surface area contributed by atoms with Crippen molar-refractivity contribution in [1.82, 2.24) is 9.47 Å². The van der Waals surface area contributed by atoms with Crippen LogP contribution in [0.2, 0.25) is 0 Å². The second-order valence-electron chi connectivity index (χ2n) is 6.52. The Labute approximate surface area is 152 Å². The van der Waals surface area contributed by atoms with Crippen LogP contribution in [0.1, 0.15) is 24.3 Å². The summed E-state index contributed by atoms with van der Waals surface area (Å²) in [5.74, 6) is -0.142. The van der Waals surface area contributed by atoms with Crippen LogP contribution in [0, 0.1) is 5.82 Å². The van der Waals surface area contributed by atoms with Gasteiger partial charge in [0, 0.05) is 36.7 Å². The van der Waals surface area contributed by atoms with Gasteiger partial charge in [-0.2, -0.15) is 0 Å². The molecule has 2 aliphatic rings. The van der Waals surface area contributed by atoms with Gasteiger partial charge in [0.2, 0.25) is 0 Å². The van der Waals surface area contributed by atoms with Gasteiger partial charge in [-0.15, -0.1) is 24.8 Å². The van der Waals surface area contributed by atoms with Crippen molar-refractivity contribution in [3.05, 3.63) is 46.0 Å². The highest BCUT2D eigenvalue weighted by atomic mass is 35.5. The summed E-state index contributed by atoms with van der Waals surface area (Å²) in [6.45, 7) is 3.29. The van der Waals surface area contributed by atoms with Crippen molar-refractivity contribution in [2.75, 3.05) is 19.6 Å². The van der Waals surface area contributed by atoms with Crippen molar-refractivity contribution in [1.29, 1.82) is 0 Å². The van der Waals surface area contributed by atoms with Crippen LogP contribution < -0.4 is 11.3 Å². The zero-order chi connectivity index (χ0) is 15.3. The topological polar surface area (TPSA) is 51.3 Å². The predicted molar refractivity (Wildman–Crippen MR) is 99.1 cm³/mol. The molecule has 0 saturated carbocycles. The Morgan fingerprint density at radius 3 is 2.50 bits per heavy atom. The molecule has 1 unspecified atom stereocenters. The lowest BCUT2D eigenvalue weighted by atomic mass is 9.97. The highest BCUT2D eigenvalue weighted by molar-refractivity contribution is 5.86. The van der Waals surface area contributed by atoms with Crippen molar-refractivity contribution in [3.8, 4) is 0 Å². The second kappa shape index (κ2) is 7.40. The van der Waals surface area contributed by atoms with Crippen molar-refractivity contribution >= 4 is 35.7 Å². The van der Waals surface area contributed by atoms with Gasteiger partial charge in [-0.25, -0.2) is 4.39 Å². The Morgan fingerprint density at radius 1 is 1.12 bits per heavy atom. The Hall–Kier alpha value is -1.14. The van der Waals surface area contributed by atoms with Crippen LogP contribution in [0.25, 0.3) is 10.9 Å². The van der Waals surface area contributed by atoms with E-state index in [9.17, 15) is 9.18 Å². The average molecular weight is 374 g/mol. The van der Waals surface area contributed by atoms with Crippen LogP contribution in [0.15, 0.2) is 29.1 Å². The molecule has 1 aromatic heterocycles. The maximum absolute atomic E-state index is 14.4. The Kier molecular flexibility index (Phi) is 5.91. The summed E-state index contributed by atoms with van der Waals surface area (Å²) < 4.78 is 16.1. The Bertz CT molecular complexity index is 787. The number of nitrogens with two attached hydrogens (primary N) is 1. The molecule has 2 aliphatic heterocycles. The molecule has 1 atom stereocenters. The van der Waals surface area contributed by atoms with Gasteiger partial charge >= 0.3 is 0 Å². The molecule has 2 N–H and O–H groups in total. The number of hydrogen-bond donors (Lipinski definition) is 1. The first-order chi connectivity index (χ1) is 10.6. The maximum atomic E-state index is 14.4. The number of pyridine rings is 1. The first-order valence-electron chi connectivity index (χ1n) is 7.93. The molecule has 0 amide bonds. The van der Waals surface area contributed by atoms with Gasteiger partial charge < -0.3 is 15.2 Å².